The van der Waals surface area contributed by atoms with Gasteiger partial charge in [-0.15, -0.1) is 6.58 Å². The summed E-state index contributed by atoms with van der Waals surface area (Å²) in [5.41, 5.74) is 0.898. The quantitative estimate of drug-likeness (QED) is 0.336. The third-order valence-electron chi connectivity index (χ3n) is 2.72. The Morgan fingerprint density at radius 3 is 2.62 bits per heavy atom. The van der Waals surface area contributed by atoms with Gasteiger partial charge in [0.1, 0.15) is 12.7 Å². The van der Waals surface area contributed by atoms with E-state index in [1.165, 1.54) is 0 Å². The number of quaternary nitrogens is 1. The fourth-order valence-corrected chi connectivity index (χ4v) is 2.34. The van der Waals surface area contributed by atoms with Crippen molar-refractivity contribution in [1.82, 2.24) is 0 Å². The Balaban J connectivity index is 0.000000848. The molecule has 0 saturated carbocycles. The van der Waals surface area contributed by atoms with Crippen molar-refractivity contribution >= 4 is 39.4 Å². The summed E-state index contributed by atoms with van der Waals surface area (Å²) in [5, 5.41) is 1.23. The van der Waals surface area contributed by atoms with Gasteiger partial charge in [-0.1, -0.05) is 29.3 Å². The first kappa shape index (κ1) is 20.8. The van der Waals surface area contributed by atoms with E-state index in [1.807, 2.05) is 18.3 Å². The molecule has 1 aliphatic rings. The van der Waals surface area contributed by atoms with Gasteiger partial charge in [-0.05, 0) is 18.2 Å². The van der Waals surface area contributed by atoms with E-state index in [2.05, 4.69) is 11.6 Å². The molecule has 0 amide bonds. The summed E-state index contributed by atoms with van der Waals surface area (Å²) >= 11 is 12.1. The minimum Gasteiger partial charge on any atom is -0.759 e. The first-order chi connectivity index (χ1) is 11.2. The highest BCUT2D eigenvalue weighted by atomic mass is 35.5. The molecule has 0 bridgehead atoms. The van der Waals surface area contributed by atoms with Gasteiger partial charge in [0.25, 0.3) is 0 Å². The average Bonchev–Trinajstić information content (AvgIpc) is 2.90. The Morgan fingerprint density at radius 1 is 1.38 bits per heavy atom. The van der Waals surface area contributed by atoms with E-state index in [0.717, 1.165) is 22.8 Å². The Labute approximate surface area is 151 Å². The summed E-state index contributed by atoms with van der Waals surface area (Å²) < 4.78 is 39.5. The van der Waals surface area contributed by atoms with Gasteiger partial charge < -0.3 is 13.8 Å². The van der Waals surface area contributed by atoms with Crippen molar-refractivity contribution < 1.29 is 28.6 Å². The summed E-state index contributed by atoms with van der Waals surface area (Å²) in [5.74, 6) is 0.892. The lowest BCUT2D eigenvalue weighted by molar-refractivity contribution is -0.744. The number of hydrogen-bond acceptors (Lipinski definition) is 6. The largest absolute Gasteiger partial charge is 1.00 e. The standard InChI is InChI=1S/C14H14Cl2N2O.H2O4S/c1-2-8-19-9-7-18-6-5-17-14(18)12-4-3-11(15)10-13(12)16;1-5(2,3)4/h2-6,10H,1,7-9H2;(H2,1,2,3,4). The summed E-state index contributed by atoms with van der Waals surface area (Å²) in [4.78, 5) is 5.49. The molecule has 1 aliphatic heterocycles. The highest BCUT2D eigenvalue weighted by Gasteiger charge is 2.23. The highest BCUT2D eigenvalue weighted by Crippen LogP contribution is 2.21. The van der Waals surface area contributed by atoms with Gasteiger partial charge >= 0.3 is 1.43 Å². The lowest BCUT2D eigenvalue weighted by atomic mass is 10.2. The molecule has 10 heteroatoms. The first-order valence-electron chi connectivity index (χ1n) is 6.63. The number of aliphatic imine (C=N–C) groups is 1. The van der Waals surface area contributed by atoms with E-state index in [0.29, 0.717) is 23.3 Å². The Kier molecular flexibility index (Phi) is 8.57. The average molecular weight is 395 g/mol. The molecule has 1 unspecified atom stereocenters. The van der Waals surface area contributed by atoms with Crippen LogP contribution in [0.15, 0.2) is 48.2 Å². The molecule has 2 rings (SSSR count). The van der Waals surface area contributed by atoms with Crippen LogP contribution in [0.1, 0.15) is 6.99 Å². The van der Waals surface area contributed by atoms with Gasteiger partial charge in [0.2, 0.25) is 5.84 Å². The van der Waals surface area contributed by atoms with Crippen LogP contribution in [0.4, 0.5) is 0 Å². The summed E-state index contributed by atoms with van der Waals surface area (Å²) in [6.45, 7) is 5.60. The molecule has 1 aromatic rings. The zero-order valence-electron chi connectivity index (χ0n) is 13.4. The third kappa shape index (κ3) is 8.02. The van der Waals surface area contributed by atoms with Crippen LogP contribution in [-0.2, 0) is 15.1 Å². The van der Waals surface area contributed by atoms with Crippen molar-refractivity contribution in [3.63, 3.8) is 0 Å². The number of nitrogens with zero attached hydrogens (tertiary/aromatic N) is 1. The predicted octanol–water partition coefficient (Wildman–Crippen LogP) is 1.09. The van der Waals surface area contributed by atoms with Gasteiger partial charge in [0, 0.05) is 15.4 Å². The van der Waals surface area contributed by atoms with Crippen LogP contribution in [0.3, 0.4) is 0 Å². The van der Waals surface area contributed by atoms with Gasteiger partial charge in [-0.25, -0.2) is 0 Å². The van der Waals surface area contributed by atoms with Crippen LogP contribution in [0.2, 0.25) is 10.0 Å². The number of halogens is 2. The van der Waals surface area contributed by atoms with Gasteiger partial charge in [0.05, 0.1) is 30.0 Å². The van der Waals surface area contributed by atoms with E-state index >= 15 is 0 Å². The smallest absolute Gasteiger partial charge is 0.759 e. The van der Waals surface area contributed by atoms with Crippen LogP contribution >= 0.6 is 23.2 Å². The first-order valence-corrected chi connectivity index (χ1v) is 8.72. The maximum atomic E-state index is 8.52. The van der Waals surface area contributed by atoms with Crippen molar-refractivity contribution in [2.45, 2.75) is 0 Å². The fraction of sp³-hybridized carbons (Fsp3) is 0.214. The second-order valence-corrected chi connectivity index (χ2v) is 6.12. The van der Waals surface area contributed by atoms with E-state index in [-0.39, 0.29) is 1.43 Å². The number of benzene rings is 1. The summed E-state index contributed by atoms with van der Waals surface area (Å²) in [6, 6.07) is 5.43. The second-order valence-electron chi connectivity index (χ2n) is 4.46. The highest BCUT2D eigenvalue weighted by molar-refractivity contribution is 7.79. The topological polar surface area (TPSA) is 106 Å². The summed E-state index contributed by atoms with van der Waals surface area (Å²) in [7, 11) is -5.17. The fourth-order valence-electron chi connectivity index (χ4n) is 1.84. The molecule has 0 aliphatic carbocycles. The minimum atomic E-state index is -5.17. The lowest BCUT2D eigenvalue weighted by Crippen LogP contribution is -3.10. The van der Waals surface area contributed by atoms with Gasteiger partial charge in [0.15, 0.2) is 0 Å². The van der Waals surface area contributed by atoms with E-state index < -0.39 is 10.4 Å². The molecule has 24 heavy (non-hydrogen) atoms. The number of hydrogen-bond donors (Lipinski definition) is 1. The Bertz CT molecular complexity index is 733. The second kappa shape index (κ2) is 9.90. The Hall–Kier alpha value is -1.26. The molecule has 1 heterocycles. The van der Waals surface area contributed by atoms with Gasteiger partial charge in [-0.2, -0.15) is 4.99 Å². The zero-order valence-corrected chi connectivity index (χ0v) is 14.8. The molecular weight excluding hydrogens is 379 g/mol. The minimum absolute atomic E-state index is 0. The lowest BCUT2D eigenvalue weighted by Gasteiger charge is -2.13. The van der Waals surface area contributed by atoms with Crippen molar-refractivity contribution in [2.75, 3.05) is 19.8 Å². The van der Waals surface area contributed by atoms with E-state index in [9.17, 15) is 0 Å². The monoisotopic (exact) mass is 394 g/mol. The molecule has 1 N–H and O–H groups in total. The number of amidine groups is 1. The molecule has 7 nitrogen and oxygen atoms in total. The maximum absolute atomic E-state index is 8.52. The van der Waals surface area contributed by atoms with Gasteiger partial charge in [-0.3, -0.25) is 13.3 Å². The molecular formula is C14H16Cl2N2O5S. The van der Waals surface area contributed by atoms with Crippen molar-refractivity contribution in [3.05, 3.63) is 58.9 Å². The van der Waals surface area contributed by atoms with E-state index in [1.54, 1.807) is 18.3 Å². The number of nitrogens with one attached hydrogen (secondary N) is 1. The van der Waals surface area contributed by atoms with Crippen LogP contribution < -0.4 is 4.90 Å². The third-order valence-corrected chi connectivity index (χ3v) is 3.27. The normalized spacial score (nSPS) is 16.3. The SMILES string of the molecule is C=CCOCC[NH+]1C=CN=C1c1ccc(Cl)cc1Cl.O=S(=O)([O-])[O-].[H+]. The van der Waals surface area contributed by atoms with Crippen LogP contribution in [-0.4, -0.2) is 43.1 Å². The van der Waals surface area contributed by atoms with Crippen LogP contribution in [0.25, 0.3) is 0 Å². The van der Waals surface area contributed by atoms with Crippen molar-refractivity contribution in [1.29, 1.82) is 0 Å². The van der Waals surface area contributed by atoms with Crippen LogP contribution in [0, 0.1) is 0 Å². The van der Waals surface area contributed by atoms with Crippen molar-refractivity contribution in [2.24, 2.45) is 4.99 Å². The molecule has 0 aromatic heterocycles. The molecule has 1 atom stereocenters. The van der Waals surface area contributed by atoms with E-state index in [4.69, 9.17) is 45.5 Å². The van der Waals surface area contributed by atoms with Crippen molar-refractivity contribution in [3.8, 4) is 0 Å². The van der Waals surface area contributed by atoms with Crippen LogP contribution in [0.5, 0.6) is 0 Å². The Morgan fingerprint density at radius 2 is 2.04 bits per heavy atom. The maximum Gasteiger partial charge on any atom is 1.00 e. The number of ether oxygens (including phenoxy) is 1. The molecule has 0 saturated heterocycles. The molecule has 0 fully saturated rings. The predicted molar refractivity (Wildman–Crippen MR) is 90.6 cm³/mol. The zero-order chi connectivity index (χ0) is 18.2. The summed E-state index contributed by atoms with van der Waals surface area (Å²) in [6.07, 6.45) is 5.50. The molecule has 1 aromatic carbocycles. The molecule has 132 valence electrons. The number of rotatable bonds is 6. The molecule has 0 spiro atoms. The molecule has 0 radical (unpaired) electrons.